The van der Waals surface area contributed by atoms with Crippen LogP contribution in [-0.4, -0.2) is 57.1 Å². The zero-order chi connectivity index (χ0) is 21.2. The van der Waals surface area contributed by atoms with Crippen LogP contribution in [0, 0.1) is 5.41 Å². The second-order valence-electron chi connectivity index (χ2n) is 7.59. The Labute approximate surface area is 179 Å². The van der Waals surface area contributed by atoms with Gasteiger partial charge in [-0.3, -0.25) is 20.4 Å². The fraction of sp³-hybridized carbons (Fsp3) is 0.217. The van der Waals surface area contributed by atoms with Gasteiger partial charge in [0.1, 0.15) is 5.82 Å². The number of rotatable bonds is 5. The summed E-state index contributed by atoms with van der Waals surface area (Å²) in [4.78, 5) is 11.4. The third kappa shape index (κ3) is 4.03. The summed E-state index contributed by atoms with van der Waals surface area (Å²) in [6.07, 6.45) is 1.78. The number of hydrogen-bond donors (Lipinski definition) is 3. The molecule has 1 fully saturated rings. The van der Waals surface area contributed by atoms with Gasteiger partial charge in [0.05, 0.1) is 31.2 Å². The number of morpholine rings is 1. The lowest BCUT2D eigenvalue weighted by molar-refractivity contribution is 0.0331. The van der Waals surface area contributed by atoms with Crippen LogP contribution in [0.4, 0.5) is 5.69 Å². The van der Waals surface area contributed by atoms with E-state index in [0.717, 1.165) is 48.5 Å². The molecule has 2 aromatic heterocycles. The molecule has 8 nitrogen and oxygen atoms in total. The van der Waals surface area contributed by atoms with Crippen LogP contribution in [0.1, 0.15) is 17.1 Å². The van der Waals surface area contributed by atoms with E-state index in [0.29, 0.717) is 29.3 Å². The van der Waals surface area contributed by atoms with E-state index < -0.39 is 0 Å². The molecular formula is C23H23N7O. The minimum atomic E-state index is 0.272. The molecule has 31 heavy (non-hydrogen) atoms. The average Bonchev–Trinajstić information content (AvgIpc) is 3.27. The van der Waals surface area contributed by atoms with Crippen LogP contribution in [0.5, 0.6) is 0 Å². The zero-order valence-electron chi connectivity index (χ0n) is 17.0. The molecule has 0 bridgehead atoms. The highest BCUT2D eigenvalue weighted by atomic mass is 16.5. The molecule has 1 aliphatic heterocycles. The molecule has 156 valence electrons. The van der Waals surface area contributed by atoms with Gasteiger partial charge in [-0.05, 0) is 29.7 Å². The van der Waals surface area contributed by atoms with Gasteiger partial charge in [0.2, 0.25) is 0 Å². The maximum absolute atomic E-state index is 8.71. The molecule has 2 aromatic carbocycles. The van der Waals surface area contributed by atoms with Crippen LogP contribution in [0.15, 0.2) is 54.7 Å². The lowest BCUT2D eigenvalue weighted by Crippen LogP contribution is -2.35. The number of benzene rings is 2. The third-order valence-electron chi connectivity index (χ3n) is 5.48. The normalized spacial score (nSPS) is 14.7. The number of anilines is 1. The summed E-state index contributed by atoms with van der Waals surface area (Å²) >= 11 is 0. The minimum Gasteiger partial charge on any atom is -0.398 e. The van der Waals surface area contributed by atoms with Crippen molar-refractivity contribution in [1.82, 2.24) is 25.1 Å². The number of nitrogens with two attached hydrogens (primary N) is 1. The van der Waals surface area contributed by atoms with E-state index in [1.54, 1.807) is 12.3 Å². The molecule has 0 aliphatic carbocycles. The van der Waals surface area contributed by atoms with Gasteiger partial charge in [-0.1, -0.05) is 24.3 Å². The van der Waals surface area contributed by atoms with Crippen molar-refractivity contribution in [3.8, 4) is 11.4 Å². The zero-order valence-corrected chi connectivity index (χ0v) is 17.0. The lowest BCUT2D eigenvalue weighted by atomic mass is 10.0. The van der Waals surface area contributed by atoms with Crippen molar-refractivity contribution < 1.29 is 4.74 Å². The molecule has 0 atom stereocenters. The Kier molecular flexibility index (Phi) is 5.15. The fourth-order valence-corrected chi connectivity index (χ4v) is 3.74. The number of nitrogen functional groups attached to an aromatic ring is 1. The molecule has 0 unspecified atom stereocenters. The SMILES string of the molecule is N=C(c1cc2ccccc2cn1)c1cc(-c2n[nH]c(CN3CCOCC3)n2)ccc1N. The van der Waals surface area contributed by atoms with Crippen LogP contribution < -0.4 is 5.73 Å². The van der Waals surface area contributed by atoms with Crippen molar-refractivity contribution in [2.45, 2.75) is 6.54 Å². The predicted octanol–water partition coefficient (Wildman–Crippen LogP) is 2.85. The minimum absolute atomic E-state index is 0.272. The Bertz CT molecular complexity index is 1240. The van der Waals surface area contributed by atoms with Crippen molar-refractivity contribution in [1.29, 1.82) is 5.41 Å². The van der Waals surface area contributed by atoms with Gasteiger partial charge in [-0.15, -0.1) is 0 Å². The summed E-state index contributed by atoms with van der Waals surface area (Å²) < 4.78 is 5.39. The number of hydrogen-bond acceptors (Lipinski definition) is 7. The first-order valence-corrected chi connectivity index (χ1v) is 10.2. The number of aromatic amines is 1. The molecule has 3 heterocycles. The number of fused-ring (bicyclic) bond motifs is 1. The number of H-pyrrole nitrogens is 1. The Hall–Kier alpha value is -3.62. The molecule has 0 radical (unpaired) electrons. The van der Waals surface area contributed by atoms with Crippen LogP contribution >= 0.6 is 0 Å². The first-order valence-electron chi connectivity index (χ1n) is 10.2. The van der Waals surface area contributed by atoms with Gasteiger partial charge in [-0.25, -0.2) is 4.98 Å². The largest absolute Gasteiger partial charge is 0.398 e. The van der Waals surface area contributed by atoms with Crippen LogP contribution in [0.25, 0.3) is 22.2 Å². The van der Waals surface area contributed by atoms with E-state index in [-0.39, 0.29) is 5.71 Å². The summed E-state index contributed by atoms with van der Waals surface area (Å²) in [6, 6.07) is 15.4. The van der Waals surface area contributed by atoms with E-state index >= 15 is 0 Å². The van der Waals surface area contributed by atoms with Gasteiger partial charge in [0.15, 0.2) is 5.82 Å². The monoisotopic (exact) mass is 413 g/mol. The molecule has 4 aromatic rings. The molecule has 0 spiro atoms. The second-order valence-corrected chi connectivity index (χ2v) is 7.59. The first kappa shape index (κ1) is 19.3. The van der Waals surface area contributed by atoms with Crippen molar-refractivity contribution in [3.63, 3.8) is 0 Å². The van der Waals surface area contributed by atoms with Crippen molar-refractivity contribution in [2.24, 2.45) is 0 Å². The van der Waals surface area contributed by atoms with Crippen molar-refractivity contribution >= 4 is 22.2 Å². The summed E-state index contributed by atoms with van der Waals surface area (Å²) in [6.45, 7) is 3.96. The third-order valence-corrected chi connectivity index (χ3v) is 5.48. The van der Waals surface area contributed by atoms with Gasteiger partial charge < -0.3 is 10.5 Å². The summed E-state index contributed by atoms with van der Waals surface area (Å²) in [5.41, 5.74) is 9.00. The van der Waals surface area contributed by atoms with Gasteiger partial charge >= 0.3 is 0 Å². The lowest BCUT2D eigenvalue weighted by Gasteiger charge is -2.25. The highest BCUT2D eigenvalue weighted by Crippen LogP contribution is 2.24. The Morgan fingerprint density at radius 1 is 1.10 bits per heavy atom. The van der Waals surface area contributed by atoms with Gasteiger partial charge in [0, 0.05) is 41.5 Å². The van der Waals surface area contributed by atoms with Crippen LogP contribution in [-0.2, 0) is 11.3 Å². The quantitative estimate of drug-likeness (QED) is 0.342. The Morgan fingerprint density at radius 3 is 2.74 bits per heavy atom. The van der Waals surface area contributed by atoms with E-state index in [4.69, 9.17) is 15.9 Å². The number of nitrogens with zero attached hydrogens (tertiary/aromatic N) is 4. The average molecular weight is 413 g/mol. The van der Waals surface area contributed by atoms with E-state index in [1.165, 1.54) is 0 Å². The molecule has 8 heteroatoms. The molecule has 1 saturated heterocycles. The fourth-order valence-electron chi connectivity index (χ4n) is 3.74. The van der Waals surface area contributed by atoms with Crippen molar-refractivity contribution in [2.75, 3.05) is 32.0 Å². The Balaban J connectivity index is 1.41. The van der Waals surface area contributed by atoms with Crippen LogP contribution in [0.3, 0.4) is 0 Å². The maximum atomic E-state index is 8.71. The summed E-state index contributed by atoms with van der Waals surface area (Å²) in [5.74, 6) is 1.39. The van der Waals surface area contributed by atoms with Gasteiger partial charge in [0.25, 0.3) is 0 Å². The molecule has 4 N–H and O–H groups in total. The van der Waals surface area contributed by atoms with E-state index in [9.17, 15) is 0 Å². The number of pyridine rings is 1. The summed E-state index contributed by atoms with van der Waals surface area (Å²) in [5, 5.41) is 18.2. The highest BCUT2D eigenvalue weighted by molar-refractivity contribution is 6.14. The second kappa shape index (κ2) is 8.25. The topological polar surface area (TPSA) is 117 Å². The van der Waals surface area contributed by atoms with E-state index in [2.05, 4.69) is 25.1 Å². The molecule has 0 saturated carbocycles. The number of aromatic nitrogens is 4. The molecule has 0 amide bonds. The van der Waals surface area contributed by atoms with E-state index in [1.807, 2.05) is 42.5 Å². The first-order chi connectivity index (χ1) is 15.2. The Morgan fingerprint density at radius 2 is 1.90 bits per heavy atom. The smallest absolute Gasteiger partial charge is 0.181 e. The molecule has 1 aliphatic rings. The number of nitrogens with one attached hydrogen (secondary N) is 2. The standard InChI is InChI=1S/C23H23N7O/c24-19-6-5-16(23-27-21(28-29-23)14-30-7-9-31-10-8-30)11-18(19)22(25)20-12-15-3-1-2-4-17(15)13-26-20/h1-6,11-13,25H,7-10,14,24H2,(H,27,28,29). The molecular weight excluding hydrogens is 390 g/mol. The number of ether oxygens (including phenoxy) is 1. The van der Waals surface area contributed by atoms with Crippen LogP contribution in [0.2, 0.25) is 0 Å². The molecule has 5 rings (SSSR count). The maximum Gasteiger partial charge on any atom is 0.181 e. The highest BCUT2D eigenvalue weighted by Gasteiger charge is 2.16. The summed E-state index contributed by atoms with van der Waals surface area (Å²) in [7, 11) is 0. The van der Waals surface area contributed by atoms with Crippen molar-refractivity contribution in [3.05, 3.63) is 71.8 Å². The van der Waals surface area contributed by atoms with Gasteiger partial charge in [-0.2, -0.15) is 5.10 Å². The predicted molar refractivity (Wildman–Crippen MR) is 120 cm³/mol.